The summed E-state index contributed by atoms with van der Waals surface area (Å²) in [6, 6.07) is 7.75. The zero-order valence-electron chi connectivity index (χ0n) is 7.00. The Labute approximate surface area is 86.5 Å². The molecule has 1 unspecified atom stereocenters. The second kappa shape index (κ2) is 3.72. The third-order valence-corrected chi connectivity index (χ3v) is 3.68. The van der Waals surface area contributed by atoms with Crippen LogP contribution in [-0.2, 0) is 4.79 Å². The number of hydrogen-bond acceptors (Lipinski definition) is 2. The van der Waals surface area contributed by atoms with E-state index in [0.29, 0.717) is 23.2 Å². The number of halogens is 1. The van der Waals surface area contributed by atoms with Gasteiger partial charge in [0.15, 0.2) is 0 Å². The van der Waals surface area contributed by atoms with Crippen LogP contribution in [0.2, 0.25) is 5.02 Å². The Kier molecular flexibility index (Phi) is 2.61. The number of carbonyl (C=O) groups is 1. The van der Waals surface area contributed by atoms with Gasteiger partial charge in [0.1, 0.15) is 5.78 Å². The molecule has 0 aromatic heterocycles. The van der Waals surface area contributed by atoms with E-state index >= 15 is 0 Å². The molecule has 1 aromatic rings. The maximum atomic E-state index is 11.0. The van der Waals surface area contributed by atoms with Gasteiger partial charge in [-0.25, -0.2) is 0 Å². The smallest absolute Gasteiger partial charge is 0.144 e. The van der Waals surface area contributed by atoms with Crippen LogP contribution in [0.15, 0.2) is 24.3 Å². The van der Waals surface area contributed by atoms with Crippen molar-refractivity contribution < 1.29 is 4.79 Å². The van der Waals surface area contributed by atoms with Crippen LogP contribution in [0.25, 0.3) is 0 Å². The van der Waals surface area contributed by atoms with E-state index in [1.165, 1.54) is 5.56 Å². The fourth-order valence-electron chi connectivity index (χ4n) is 1.41. The van der Waals surface area contributed by atoms with E-state index in [9.17, 15) is 4.79 Å². The highest BCUT2D eigenvalue weighted by Crippen LogP contribution is 2.38. The number of hydrogen-bond donors (Lipinski definition) is 0. The van der Waals surface area contributed by atoms with Gasteiger partial charge < -0.3 is 0 Å². The van der Waals surface area contributed by atoms with Gasteiger partial charge in [0.05, 0.1) is 5.75 Å². The highest BCUT2D eigenvalue weighted by Gasteiger charge is 2.23. The molecule has 3 heteroatoms. The fourth-order valence-corrected chi connectivity index (χ4v) is 2.69. The van der Waals surface area contributed by atoms with Crippen LogP contribution in [0.5, 0.6) is 0 Å². The van der Waals surface area contributed by atoms with Gasteiger partial charge in [-0.2, -0.15) is 0 Å². The molecule has 0 aliphatic carbocycles. The molecule has 0 amide bonds. The number of ketones is 1. The fraction of sp³-hybridized carbons (Fsp3) is 0.300. The van der Waals surface area contributed by atoms with Gasteiger partial charge in [0.2, 0.25) is 0 Å². The van der Waals surface area contributed by atoms with Gasteiger partial charge in [0, 0.05) is 16.7 Å². The minimum absolute atomic E-state index is 0.352. The molecule has 1 saturated heterocycles. The molecule has 68 valence electrons. The molecule has 13 heavy (non-hydrogen) atoms. The first-order valence-corrected chi connectivity index (χ1v) is 5.57. The quantitative estimate of drug-likeness (QED) is 0.712. The normalized spacial score (nSPS) is 22.2. The lowest BCUT2D eigenvalue weighted by Crippen LogP contribution is -1.93. The van der Waals surface area contributed by atoms with Crippen molar-refractivity contribution in [2.75, 3.05) is 5.75 Å². The van der Waals surface area contributed by atoms with E-state index in [4.69, 9.17) is 11.6 Å². The Morgan fingerprint density at radius 3 is 2.54 bits per heavy atom. The van der Waals surface area contributed by atoms with Gasteiger partial charge in [-0.1, -0.05) is 23.7 Å². The largest absolute Gasteiger partial charge is 0.299 e. The summed E-state index contributed by atoms with van der Waals surface area (Å²) in [6.45, 7) is 0. The Morgan fingerprint density at radius 1 is 1.31 bits per heavy atom. The van der Waals surface area contributed by atoms with Crippen LogP contribution in [-0.4, -0.2) is 11.5 Å². The zero-order chi connectivity index (χ0) is 9.26. The average molecular weight is 213 g/mol. The molecule has 1 fully saturated rings. The molecular weight excluding hydrogens is 204 g/mol. The van der Waals surface area contributed by atoms with E-state index in [1.807, 2.05) is 24.3 Å². The van der Waals surface area contributed by atoms with Crippen molar-refractivity contribution in [1.29, 1.82) is 0 Å². The van der Waals surface area contributed by atoms with Crippen LogP contribution >= 0.6 is 23.4 Å². The van der Waals surface area contributed by atoms with E-state index in [0.717, 1.165) is 5.02 Å². The molecule has 1 nitrogen and oxygen atoms in total. The zero-order valence-corrected chi connectivity index (χ0v) is 8.57. The molecule has 1 aliphatic rings. The minimum Gasteiger partial charge on any atom is -0.299 e. The van der Waals surface area contributed by atoms with Crippen molar-refractivity contribution in [2.24, 2.45) is 0 Å². The lowest BCUT2D eigenvalue weighted by Gasteiger charge is -2.06. The second-order valence-electron chi connectivity index (χ2n) is 3.09. The Hall–Kier alpha value is -0.470. The van der Waals surface area contributed by atoms with Crippen LogP contribution < -0.4 is 0 Å². The molecule has 1 aromatic carbocycles. The number of Topliss-reactive ketones (excluding diaryl/α,β-unsaturated/α-hetero) is 1. The van der Waals surface area contributed by atoms with Crippen molar-refractivity contribution in [3.05, 3.63) is 34.9 Å². The van der Waals surface area contributed by atoms with E-state index in [-0.39, 0.29) is 0 Å². The van der Waals surface area contributed by atoms with Gasteiger partial charge in [-0.05, 0) is 17.7 Å². The summed E-state index contributed by atoms with van der Waals surface area (Å²) in [5, 5.41) is 1.10. The third-order valence-electron chi connectivity index (χ3n) is 2.10. The van der Waals surface area contributed by atoms with E-state index < -0.39 is 0 Å². The summed E-state index contributed by atoms with van der Waals surface area (Å²) in [4.78, 5) is 11.0. The maximum Gasteiger partial charge on any atom is 0.144 e. The highest BCUT2D eigenvalue weighted by molar-refractivity contribution is 8.00. The molecule has 1 atom stereocenters. The molecule has 1 aliphatic heterocycles. The van der Waals surface area contributed by atoms with Crippen LogP contribution in [0.3, 0.4) is 0 Å². The summed E-state index contributed by atoms with van der Waals surface area (Å²) < 4.78 is 0. The number of rotatable bonds is 1. The van der Waals surface area contributed by atoms with Gasteiger partial charge in [-0.15, -0.1) is 11.8 Å². The summed E-state index contributed by atoms with van der Waals surface area (Å²) in [7, 11) is 0. The van der Waals surface area contributed by atoms with Gasteiger partial charge in [0.25, 0.3) is 0 Å². The van der Waals surface area contributed by atoms with Crippen molar-refractivity contribution in [3.63, 3.8) is 0 Å². The van der Waals surface area contributed by atoms with Crippen molar-refractivity contribution >= 4 is 29.1 Å². The number of benzene rings is 1. The number of carbonyl (C=O) groups excluding carboxylic acids is 1. The summed E-state index contributed by atoms with van der Waals surface area (Å²) >= 11 is 7.49. The van der Waals surface area contributed by atoms with E-state index in [1.54, 1.807) is 11.8 Å². The molecule has 0 radical (unpaired) electrons. The first-order chi connectivity index (χ1) is 6.25. The Balaban J connectivity index is 2.17. The molecule has 0 spiro atoms. The molecular formula is C10H9ClOS. The topological polar surface area (TPSA) is 17.1 Å². The standard InChI is InChI=1S/C10H9ClOS/c11-8-3-1-7(2-4-8)10-5-9(12)6-13-10/h1-4,10H,5-6H2. The Morgan fingerprint density at radius 2 is 2.00 bits per heavy atom. The Bertz CT molecular complexity index is 320. The summed E-state index contributed by atoms with van der Waals surface area (Å²) in [5.41, 5.74) is 1.21. The predicted octanol–water partition coefficient (Wildman–Crippen LogP) is 3.09. The minimum atomic E-state index is 0.352. The first-order valence-electron chi connectivity index (χ1n) is 4.14. The average Bonchev–Trinajstić information content (AvgIpc) is 2.53. The van der Waals surface area contributed by atoms with Crippen LogP contribution in [0, 0.1) is 0 Å². The first kappa shape index (κ1) is 9.10. The van der Waals surface area contributed by atoms with Crippen LogP contribution in [0.1, 0.15) is 17.2 Å². The molecule has 0 saturated carbocycles. The van der Waals surface area contributed by atoms with Gasteiger partial charge in [-0.3, -0.25) is 4.79 Å². The summed E-state index contributed by atoms with van der Waals surface area (Å²) in [5.74, 6) is 1.01. The predicted molar refractivity (Wildman–Crippen MR) is 56.3 cm³/mol. The molecule has 1 heterocycles. The monoisotopic (exact) mass is 212 g/mol. The second-order valence-corrected chi connectivity index (χ2v) is 4.72. The summed E-state index contributed by atoms with van der Waals surface area (Å²) in [6.07, 6.45) is 0.673. The number of thioether (sulfide) groups is 1. The molecule has 0 N–H and O–H groups in total. The highest BCUT2D eigenvalue weighted by atomic mass is 35.5. The van der Waals surface area contributed by atoms with Crippen molar-refractivity contribution in [3.8, 4) is 0 Å². The van der Waals surface area contributed by atoms with E-state index in [2.05, 4.69) is 0 Å². The lowest BCUT2D eigenvalue weighted by molar-refractivity contribution is -0.116. The van der Waals surface area contributed by atoms with Gasteiger partial charge >= 0.3 is 0 Å². The maximum absolute atomic E-state index is 11.0. The lowest BCUT2D eigenvalue weighted by atomic mass is 10.1. The molecule has 2 rings (SSSR count). The van der Waals surface area contributed by atoms with Crippen molar-refractivity contribution in [1.82, 2.24) is 0 Å². The molecule has 0 bridgehead atoms. The SMILES string of the molecule is O=C1CSC(c2ccc(Cl)cc2)C1. The van der Waals surface area contributed by atoms with Crippen molar-refractivity contribution in [2.45, 2.75) is 11.7 Å². The van der Waals surface area contributed by atoms with Crippen LogP contribution in [0.4, 0.5) is 0 Å². The third kappa shape index (κ3) is 2.06.